The summed E-state index contributed by atoms with van der Waals surface area (Å²) < 4.78 is 5.63. The Morgan fingerprint density at radius 3 is 2.95 bits per heavy atom. The molecule has 3 aromatic rings. The summed E-state index contributed by atoms with van der Waals surface area (Å²) in [5.41, 5.74) is 6.37. The highest BCUT2D eigenvalue weighted by Crippen LogP contribution is 2.24. The van der Waals surface area contributed by atoms with Gasteiger partial charge in [0.15, 0.2) is 0 Å². The van der Waals surface area contributed by atoms with Crippen molar-refractivity contribution < 1.29 is 4.42 Å². The number of benzene rings is 1. The van der Waals surface area contributed by atoms with Gasteiger partial charge in [-0.05, 0) is 34.7 Å². The third-order valence-electron chi connectivity index (χ3n) is 2.51. The lowest BCUT2D eigenvalue weighted by atomic mass is 10.2. The van der Waals surface area contributed by atoms with Gasteiger partial charge < -0.3 is 10.2 Å². The molecule has 0 radical (unpaired) electrons. The summed E-state index contributed by atoms with van der Waals surface area (Å²) in [6.45, 7) is 0. The van der Waals surface area contributed by atoms with Crippen LogP contribution in [0.2, 0.25) is 5.02 Å². The summed E-state index contributed by atoms with van der Waals surface area (Å²) in [6, 6.07) is 11.0. The van der Waals surface area contributed by atoms with Gasteiger partial charge in [0.1, 0.15) is 11.5 Å². The van der Waals surface area contributed by atoms with E-state index >= 15 is 0 Å². The largest absolute Gasteiger partial charge is 0.455 e. The van der Waals surface area contributed by atoms with Gasteiger partial charge in [-0.1, -0.05) is 33.6 Å². The fraction of sp³-hybridized carbons (Fsp3) is 0. The number of nitrogens with two attached hydrogens (primary N) is 1. The summed E-state index contributed by atoms with van der Waals surface area (Å²) >= 11 is 5.94. The molecule has 3 rings (SSSR count). The fourth-order valence-electron chi connectivity index (χ4n) is 1.60. The van der Waals surface area contributed by atoms with Crippen LogP contribution >= 0.6 is 11.6 Å². The molecule has 0 aliphatic heterocycles. The highest BCUT2D eigenvalue weighted by Gasteiger charge is 2.04. The molecule has 0 bridgehead atoms. The van der Waals surface area contributed by atoms with Gasteiger partial charge in [0.25, 0.3) is 5.95 Å². The predicted molar refractivity (Wildman–Crippen MR) is 74.4 cm³/mol. The Morgan fingerprint density at radius 2 is 2.20 bits per heavy atom. The first-order valence-corrected chi connectivity index (χ1v) is 6.04. The van der Waals surface area contributed by atoms with Gasteiger partial charge in [-0.15, -0.1) is 0 Å². The third kappa shape index (κ3) is 2.52. The van der Waals surface area contributed by atoms with Gasteiger partial charge in [0, 0.05) is 10.6 Å². The molecule has 1 aromatic carbocycles. The number of hydrogen-bond donors (Lipinski definition) is 1. The van der Waals surface area contributed by atoms with E-state index in [0.717, 1.165) is 10.4 Å². The Hall–Kier alpha value is -2.67. The molecule has 0 spiro atoms. The van der Waals surface area contributed by atoms with Gasteiger partial charge in [0.05, 0.1) is 6.21 Å². The van der Waals surface area contributed by atoms with E-state index in [0.29, 0.717) is 16.5 Å². The number of aromatic nitrogens is 4. The van der Waals surface area contributed by atoms with Crippen molar-refractivity contribution in [1.82, 2.24) is 20.3 Å². The van der Waals surface area contributed by atoms with Crippen LogP contribution in [0.25, 0.3) is 11.3 Å². The van der Waals surface area contributed by atoms with Crippen LogP contribution in [0.5, 0.6) is 0 Å². The molecule has 100 valence electrons. The van der Waals surface area contributed by atoms with Crippen molar-refractivity contribution in [2.75, 3.05) is 5.73 Å². The third-order valence-corrected chi connectivity index (χ3v) is 2.74. The maximum atomic E-state index is 5.94. The summed E-state index contributed by atoms with van der Waals surface area (Å²) in [7, 11) is 0. The van der Waals surface area contributed by atoms with Crippen molar-refractivity contribution in [3.8, 4) is 11.3 Å². The number of hydrogen-bond acceptors (Lipinski definition) is 6. The summed E-state index contributed by atoms with van der Waals surface area (Å²) in [5, 5.41) is 15.1. The normalized spacial score (nSPS) is 11.2. The average Bonchev–Trinajstić information content (AvgIpc) is 3.05. The Bertz CT molecular complexity index is 763. The van der Waals surface area contributed by atoms with E-state index in [2.05, 4.69) is 20.6 Å². The number of nitrogens with zero attached hydrogens (tertiary/aromatic N) is 5. The van der Waals surface area contributed by atoms with E-state index in [1.54, 1.807) is 12.1 Å². The molecule has 2 heterocycles. The lowest BCUT2D eigenvalue weighted by molar-refractivity contribution is 0.573. The summed E-state index contributed by atoms with van der Waals surface area (Å²) in [6.07, 6.45) is 1.47. The highest BCUT2D eigenvalue weighted by molar-refractivity contribution is 6.30. The molecule has 0 unspecified atom stereocenters. The maximum absolute atomic E-state index is 5.94. The molecule has 0 saturated heterocycles. The van der Waals surface area contributed by atoms with Gasteiger partial charge in [-0.2, -0.15) is 5.10 Å². The molecule has 7 nitrogen and oxygen atoms in total. The van der Waals surface area contributed by atoms with Gasteiger partial charge in [0.2, 0.25) is 0 Å². The topological polar surface area (TPSA) is 95.1 Å². The molecular formula is C12H9ClN6O. The van der Waals surface area contributed by atoms with Gasteiger partial charge >= 0.3 is 0 Å². The van der Waals surface area contributed by atoms with Crippen molar-refractivity contribution in [3.05, 3.63) is 47.2 Å². The van der Waals surface area contributed by atoms with Crippen LogP contribution in [0, 0.1) is 0 Å². The van der Waals surface area contributed by atoms with E-state index in [1.165, 1.54) is 6.21 Å². The molecule has 0 aliphatic rings. The number of tetrazole rings is 1. The van der Waals surface area contributed by atoms with Crippen LogP contribution in [0.1, 0.15) is 5.76 Å². The quantitative estimate of drug-likeness (QED) is 0.744. The zero-order valence-corrected chi connectivity index (χ0v) is 10.9. The van der Waals surface area contributed by atoms with Gasteiger partial charge in [-0.25, -0.2) is 0 Å². The van der Waals surface area contributed by atoms with Crippen molar-refractivity contribution in [2.45, 2.75) is 0 Å². The van der Waals surface area contributed by atoms with Crippen molar-refractivity contribution in [3.63, 3.8) is 0 Å². The second-order valence-electron chi connectivity index (χ2n) is 3.88. The first-order valence-electron chi connectivity index (χ1n) is 5.66. The van der Waals surface area contributed by atoms with Crippen molar-refractivity contribution in [1.29, 1.82) is 0 Å². The lowest BCUT2D eigenvalue weighted by Crippen LogP contribution is -1.99. The summed E-state index contributed by atoms with van der Waals surface area (Å²) in [4.78, 5) is 1.10. The lowest BCUT2D eigenvalue weighted by Gasteiger charge is -1.96. The zero-order valence-electron chi connectivity index (χ0n) is 10.1. The molecule has 2 N–H and O–H groups in total. The van der Waals surface area contributed by atoms with Crippen LogP contribution in [-0.4, -0.2) is 26.5 Å². The first kappa shape index (κ1) is 12.4. The Morgan fingerprint density at radius 1 is 1.30 bits per heavy atom. The van der Waals surface area contributed by atoms with Crippen molar-refractivity contribution in [2.24, 2.45) is 5.10 Å². The predicted octanol–water partition coefficient (Wildman–Crippen LogP) is 2.05. The highest BCUT2D eigenvalue weighted by atomic mass is 35.5. The average molecular weight is 289 g/mol. The van der Waals surface area contributed by atoms with Crippen LogP contribution < -0.4 is 5.73 Å². The monoisotopic (exact) mass is 288 g/mol. The Kier molecular flexibility index (Phi) is 3.18. The molecule has 0 saturated carbocycles. The smallest absolute Gasteiger partial charge is 0.263 e. The summed E-state index contributed by atoms with van der Waals surface area (Å²) in [5.74, 6) is 1.34. The zero-order chi connectivity index (χ0) is 13.9. The Balaban J connectivity index is 1.84. The minimum atomic E-state index is 0.0999. The van der Waals surface area contributed by atoms with Crippen molar-refractivity contribution >= 4 is 23.8 Å². The SMILES string of the molecule is Nc1nnnn1N=Cc1ccc(-c2cccc(Cl)c2)o1. The minimum Gasteiger partial charge on any atom is -0.455 e. The molecule has 0 atom stereocenters. The van der Waals surface area contributed by atoms with E-state index in [9.17, 15) is 0 Å². The molecule has 8 heteroatoms. The van der Waals surface area contributed by atoms with Crippen LogP contribution in [0.3, 0.4) is 0 Å². The van der Waals surface area contributed by atoms with E-state index in [-0.39, 0.29) is 5.95 Å². The maximum Gasteiger partial charge on any atom is 0.263 e. The molecule has 0 aliphatic carbocycles. The molecule has 2 aromatic heterocycles. The number of nitrogen functional groups attached to an aromatic ring is 1. The second kappa shape index (κ2) is 5.14. The number of halogens is 1. The minimum absolute atomic E-state index is 0.0999. The van der Waals surface area contributed by atoms with Crippen LogP contribution in [0.4, 0.5) is 5.95 Å². The standard InChI is InChI=1S/C12H9ClN6O/c13-9-3-1-2-8(6-9)11-5-4-10(20-11)7-15-19-12(14)16-17-18-19/h1-7H,(H2,14,16,18). The van der Waals surface area contributed by atoms with E-state index in [4.69, 9.17) is 21.8 Å². The number of anilines is 1. The van der Waals surface area contributed by atoms with Crippen LogP contribution in [-0.2, 0) is 0 Å². The van der Waals surface area contributed by atoms with E-state index < -0.39 is 0 Å². The van der Waals surface area contributed by atoms with Crippen LogP contribution in [0.15, 0.2) is 45.9 Å². The second-order valence-corrected chi connectivity index (χ2v) is 4.32. The fourth-order valence-corrected chi connectivity index (χ4v) is 1.79. The number of furan rings is 1. The molecule has 0 fully saturated rings. The molecule has 20 heavy (non-hydrogen) atoms. The Labute approximate surface area is 118 Å². The molecular weight excluding hydrogens is 280 g/mol. The van der Waals surface area contributed by atoms with E-state index in [1.807, 2.05) is 24.3 Å². The molecule has 0 amide bonds. The van der Waals surface area contributed by atoms with Gasteiger partial charge in [-0.3, -0.25) is 0 Å². The number of rotatable bonds is 3. The first-order chi connectivity index (χ1) is 9.72.